The Morgan fingerprint density at radius 1 is 1.13 bits per heavy atom. The first-order valence-corrected chi connectivity index (χ1v) is 9.93. The van der Waals surface area contributed by atoms with Crippen LogP contribution in [0, 0.1) is 0 Å². The topological polar surface area (TPSA) is 131 Å². The number of anilines is 2. The van der Waals surface area contributed by atoms with Crippen LogP contribution in [-0.2, 0) is 4.79 Å². The molecule has 4 rings (SSSR count). The number of nitrogens with zero attached hydrogens (tertiary/aromatic N) is 2. The molecular formula is C21H23N7O3. The Morgan fingerprint density at radius 2 is 1.97 bits per heavy atom. The fourth-order valence-corrected chi connectivity index (χ4v) is 3.45. The van der Waals surface area contributed by atoms with Crippen LogP contribution in [0.3, 0.4) is 0 Å². The SMILES string of the molecule is CC(=O)Nc1cccc(-c2ccc3c(NC(=O)NCCN4CCNC4=O)n[nH]c3c2)c1. The molecule has 0 spiro atoms. The van der Waals surface area contributed by atoms with Crippen molar-refractivity contribution in [1.29, 1.82) is 0 Å². The van der Waals surface area contributed by atoms with E-state index in [1.165, 1.54) is 6.92 Å². The molecule has 5 N–H and O–H groups in total. The minimum absolute atomic E-state index is 0.112. The largest absolute Gasteiger partial charge is 0.336 e. The number of carbonyl (C=O) groups is 3. The third-order valence-corrected chi connectivity index (χ3v) is 4.92. The van der Waals surface area contributed by atoms with Crippen LogP contribution in [0.1, 0.15) is 6.92 Å². The molecule has 0 unspecified atom stereocenters. The molecule has 1 aliphatic rings. The summed E-state index contributed by atoms with van der Waals surface area (Å²) in [5, 5.41) is 18.9. The Morgan fingerprint density at radius 3 is 2.74 bits per heavy atom. The maximum Gasteiger partial charge on any atom is 0.320 e. The molecule has 0 bridgehead atoms. The quantitative estimate of drug-likeness (QED) is 0.418. The number of fused-ring (bicyclic) bond motifs is 1. The molecule has 1 fully saturated rings. The molecule has 3 aromatic rings. The molecule has 0 aliphatic carbocycles. The number of aromatic nitrogens is 2. The van der Waals surface area contributed by atoms with Gasteiger partial charge in [-0.3, -0.25) is 15.2 Å². The molecule has 1 aromatic heterocycles. The maximum absolute atomic E-state index is 12.2. The molecular weight excluding hydrogens is 398 g/mol. The van der Waals surface area contributed by atoms with E-state index in [1.54, 1.807) is 4.90 Å². The van der Waals surface area contributed by atoms with Gasteiger partial charge in [0.15, 0.2) is 5.82 Å². The fourth-order valence-electron chi connectivity index (χ4n) is 3.45. The van der Waals surface area contributed by atoms with Crippen molar-refractivity contribution in [2.75, 3.05) is 36.8 Å². The standard InChI is InChI=1S/C21H23N7O3/c1-13(29)24-16-4-2-3-14(11-16)15-5-6-17-18(12-15)26-27-19(17)25-20(30)22-7-9-28-10-8-23-21(28)31/h2-6,11-12H,7-10H2,1H3,(H,23,31)(H,24,29)(H3,22,25,26,27,30). The number of H-pyrrole nitrogens is 1. The number of carbonyl (C=O) groups excluding carboxylic acids is 3. The van der Waals surface area contributed by atoms with E-state index >= 15 is 0 Å². The highest BCUT2D eigenvalue weighted by molar-refractivity contribution is 6.00. The van der Waals surface area contributed by atoms with Crippen molar-refractivity contribution < 1.29 is 14.4 Å². The van der Waals surface area contributed by atoms with E-state index in [-0.39, 0.29) is 18.0 Å². The Balaban J connectivity index is 1.41. The highest BCUT2D eigenvalue weighted by Crippen LogP contribution is 2.28. The molecule has 1 aliphatic heterocycles. The Hall–Kier alpha value is -4.08. The van der Waals surface area contributed by atoms with Crippen LogP contribution in [0.15, 0.2) is 42.5 Å². The van der Waals surface area contributed by atoms with Crippen molar-refractivity contribution in [3.8, 4) is 11.1 Å². The van der Waals surface area contributed by atoms with Gasteiger partial charge in [-0.1, -0.05) is 18.2 Å². The van der Waals surface area contributed by atoms with E-state index in [4.69, 9.17) is 0 Å². The molecule has 5 amide bonds. The average Bonchev–Trinajstić information content (AvgIpc) is 3.33. The molecule has 160 valence electrons. The average molecular weight is 421 g/mol. The highest BCUT2D eigenvalue weighted by Gasteiger charge is 2.18. The van der Waals surface area contributed by atoms with Crippen LogP contribution >= 0.6 is 0 Å². The van der Waals surface area contributed by atoms with Gasteiger partial charge in [0.25, 0.3) is 0 Å². The molecule has 2 heterocycles. The minimum atomic E-state index is -0.389. The monoisotopic (exact) mass is 421 g/mol. The summed E-state index contributed by atoms with van der Waals surface area (Å²) in [7, 11) is 0. The van der Waals surface area contributed by atoms with Crippen molar-refractivity contribution in [1.82, 2.24) is 25.7 Å². The zero-order chi connectivity index (χ0) is 21.8. The molecule has 31 heavy (non-hydrogen) atoms. The summed E-state index contributed by atoms with van der Waals surface area (Å²) in [4.78, 5) is 36.6. The smallest absolute Gasteiger partial charge is 0.320 e. The van der Waals surface area contributed by atoms with Crippen LogP contribution < -0.4 is 21.3 Å². The lowest BCUT2D eigenvalue weighted by atomic mass is 10.0. The molecule has 10 nitrogen and oxygen atoms in total. The zero-order valence-corrected chi connectivity index (χ0v) is 17.0. The van der Waals surface area contributed by atoms with E-state index in [2.05, 4.69) is 31.5 Å². The summed E-state index contributed by atoms with van der Waals surface area (Å²) in [6.07, 6.45) is 0. The van der Waals surface area contributed by atoms with Gasteiger partial charge in [-0.25, -0.2) is 9.59 Å². The van der Waals surface area contributed by atoms with Gasteiger partial charge in [0, 0.05) is 44.2 Å². The van der Waals surface area contributed by atoms with Gasteiger partial charge in [-0.15, -0.1) is 0 Å². The van der Waals surface area contributed by atoms with Crippen LogP contribution in [-0.4, -0.2) is 59.2 Å². The van der Waals surface area contributed by atoms with Crippen molar-refractivity contribution >= 4 is 40.4 Å². The number of benzene rings is 2. The molecule has 0 atom stereocenters. The Kier molecular flexibility index (Phi) is 5.69. The number of hydrogen-bond donors (Lipinski definition) is 5. The molecule has 10 heteroatoms. The zero-order valence-electron chi connectivity index (χ0n) is 17.0. The molecule has 1 saturated heterocycles. The number of urea groups is 2. The number of hydrogen-bond acceptors (Lipinski definition) is 4. The molecule has 0 saturated carbocycles. The van der Waals surface area contributed by atoms with E-state index in [9.17, 15) is 14.4 Å². The lowest BCUT2D eigenvalue weighted by Crippen LogP contribution is -2.38. The van der Waals surface area contributed by atoms with Gasteiger partial charge in [-0.2, -0.15) is 5.10 Å². The van der Waals surface area contributed by atoms with Crippen LogP contribution in [0.2, 0.25) is 0 Å². The Bertz CT molecular complexity index is 1140. The fraction of sp³-hybridized carbons (Fsp3) is 0.238. The second-order valence-electron chi connectivity index (χ2n) is 7.19. The lowest BCUT2D eigenvalue weighted by molar-refractivity contribution is -0.114. The lowest BCUT2D eigenvalue weighted by Gasteiger charge is -2.14. The number of nitrogens with one attached hydrogen (secondary N) is 5. The van der Waals surface area contributed by atoms with Crippen LogP contribution in [0.25, 0.3) is 22.0 Å². The minimum Gasteiger partial charge on any atom is -0.336 e. The summed E-state index contributed by atoms with van der Waals surface area (Å²) in [6.45, 7) is 3.53. The van der Waals surface area contributed by atoms with E-state index < -0.39 is 0 Å². The number of aromatic amines is 1. The normalized spacial score (nSPS) is 13.2. The van der Waals surface area contributed by atoms with Crippen molar-refractivity contribution in [3.63, 3.8) is 0 Å². The van der Waals surface area contributed by atoms with Crippen molar-refractivity contribution in [2.45, 2.75) is 6.92 Å². The third kappa shape index (κ3) is 4.74. The predicted molar refractivity (Wildman–Crippen MR) is 118 cm³/mol. The van der Waals surface area contributed by atoms with Crippen LogP contribution in [0.5, 0.6) is 0 Å². The van der Waals surface area contributed by atoms with E-state index in [1.807, 2.05) is 42.5 Å². The first-order valence-electron chi connectivity index (χ1n) is 9.93. The van der Waals surface area contributed by atoms with Gasteiger partial charge >= 0.3 is 12.1 Å². The summed E-state index contributed by atoms with van der Waals surface area (Å²) < 4.78 is 0. The number of amides is 5. The summed E-state index contributed by atoms with van der Waals surface area (Å²) in [6, 6.07) is 12.8. The molecule has 0 radical (unpaired) electrons. The maximum atomic E-state index is 12.2. The second kappa shape index (κ2) is 8.74. The van der Waals surface area contributed by atoms with E-state index in [0.717, 1.165) is 27.7 Å². The number of rotatable bonds is 6. The first kappa shape index (κ1) is 20.2. The Labute approximate surface area is 178 Å². The van der Waals surface area contributed by atoms with Gasteiger partial charge in [-0.05, 0) is 35.4 Å². The summed E-state index contributed by atoms with van der Waals surface area (Å²) in [5.41, 5.74) is 3.39. The highest BCUT2D eigenvalue weighted by atomic mass is 16.2. The molecule has 2 aromatic carbocycles. The second-order valence-corrected chi connectivity index (χ2v) is 7.19. The van der Waals surface area contributed by atoms with Crippen molar-refractivity contribution in [3.05, 3.63) is 42.5 Å². The summed E-state index contributed by atoms with van der Waals surface area (Å²) >= 11 is 0. The van der Waals surface area contributed by atoms with Gasteiger partial charge in [0.05, 0.1) is 5.52 Å². The first-order chi connectivity index (χ1) is 15.0. The van der Waals surface area contributed by atoms with Gasteiger partial charge in [0.1, 0.15) is 0 Å². The van der Waals surface area contributed by atoms with Crippen molar-refractivity contribution in [2.24, 2.45) is 0 Å². The van der Waals surface area contributed by atoms with Gasteiger partial charge in [0.2, 0.25) is 5.91 Å². The van der Waals surface area contributed by atoms with Crippen LogP contribution in [0.4, 0.5) is 21.1 Å². The van der Waals surface area contributed by atoms with Gasteiger partial charge < -0.3 is 20.9 Å². The summed E-state index contributed by atoms with van der Waals surface area (Å²) in [5.74, 6) is 0.295. The van der Waals surface area contributed by atoms with E-state index in [0.29, 0.717) is 32.0 Å². The predicted octanol–water partition coefficient (Wildman–Crippen LogP) is 2.33. The third-order valence-electron chi connectivity index (χ3n) is 4.92.